The molecule has 0 aromatic heterocycles. The van der Waals surface area contributed by atoms with E-state index in [2.05, 4.69) is 6.07 Å². The van der Waals surface area contributed by atoms with Gasteiger partial charge in [-0.05, 0) is 23.8 Å². The van der Waals surface area contributed by atoms with Crippen LogP contribution < -0.4 is 5.73 Å². The number of nitrogens with zero attached hydrogens (tertiary/aromatic N) is 1. The summed E-state index contributed by atoms with van der Waals surface area (Å²) in [5.74, 6) is -0.331. The van der Waals surface area contributed by atoms with Gasteiger partial charge in [0.05, 0.1) is 18.1 Å². The highest BCUT2D eigenvalue weighted by Crippen LogP contribution is 2.10. The minimum absolute atomic E-state index is 0.109. The first-order chi connectivity index (χ1) is 9.69. The van der Waals surface area contributed by atoms with Crippen LogP contribution in [0.1, 0.15) is 16.7 Å². The van der Waals surface area contributed by atoms with E-state index in [4.69, 9.17) is 15.7 Å². The van der Waals surface area contributed by atoms with Crippen LogP contribution in [0.4, 0.5) is 5.69 Å². The van der Waals surface area contributed by atoms with E-state index in [9.17, 15) is 4.79 Å². The van der Waals surface area contributed by atoms with Crippen LogP contribution in [0, 0.1) is 11.3 Å². The summed E-state index contributed by atoms with van der Waals surface area (Å²) in [6.45, 7) is 0.109. The number of benzene rings is 2. The summed E-state index contributed by atoms with van der Waals surface area (Å²) in [7, 11) is 0. The average Bonchev–Trinajstić information content (AvgIpc) is 2.48. The molecule has 20 heavy (non-hydrogen) atoms. The van der Waals surface area contributed by atoms with Crippen LogP contribution in [0.25, 0.3) is 0 Å². The first-order valence-electron chi connectivity index (χ1n) is 6.17. The molecule has 0 aliphatic heterocycles. The summed E-state index contributed by atoms with van der Waals surface area (Å²) in [5, 5.41) is 8.94. The second kappa shape index (κ2) is 6.39. The minimum atomic E-state index is -0.331. The number of nitrogen functional groups attached to an aromatic ring is 1. The lowest BCUT2D eigenvalue weighted by Gasteiger charge is -2.06. The van der Waals surface area contributed by atoms with Crippen molar-refractivity contribution in [1.82, 2.24) is 0 Å². The highest BCUT2D eigenvalue weighted by Gasteiger charge is 2.07. The number of anilines is 1. The molecule has 0 radical (unpaired) electrons. The van der Waals surface area contributed by atoms with Crippen molar-refractivity contribution in [3.8, 4) is 6.07 Å². The Hall–Kier alpha value is -2.80. The Labute approximate surface area is 117 Å². The Morgan fingerprint density at radius 2 is 1.85 bits per heavy atom. The Kier molecular flexibility index (Phi) is 4.35. The zero-order valence-electron chi connectivity index (χ0n) is 10.9. The number of hydrogen-bond donors (Lipinski definition) is 1. The number of hydrogen-bond acceptors (Lipinski definition) is 4. The number of esters is 1. The molecule has 4 nitrogen and oxygen atoms in total. The van der Waals surface area contributed by atoms with Gasteiger partial charge in [-0.2, -0.15) is 5.26 Å². The molecule has 0 fully saturated rings. The quantitative estimate of drug-likeness (QED) is 0.681. The van der Waals surface area contributed by atoms with Crippen molar-refractivity contribution in [3.05, 3.63) is 65.2 Å². The molecule has 0 aliphatic carbocycles. The van der Waals surface area contributed by atoms with Crippen LogP contribution in [0.5, 0.6) is 0 Å². The maximum absolute atomic E-state index is 11.7. The lowest BCUT2D eigenvalue weighted by molar-refractivity contribution is -0.144. The molecule has 0 spiro atoms. The maximum atomic E-state index is 11.7. The summed E-state index contributed by atoms with van der Waals surface area (Å²) in [5.41, 5.74) is 8.31. The predicted molar refractivity (Wildman–Crippen MR) is 75.5 cm³/mol. The van der Waals surface area contributed by atoms with E-state index in [1.54, 1.807) is 42.5 Å². The van der Waals surface area contributed by atoms with E-state index in [1.165, 1.54) is 0 Å². The Morgan fingerprint density at radius 3 is 2.55 bits per heavy atom. The molecule has 0 amide bonds. The van der Waals surface area contributed by atoms with Crippen molar-refractivity contribution in [1.29, 1.82) is 5.26 Å². The van der Waals surface area contributed by atoms with Gasteiger partial charge in [0.15, 0.2) is 0 Å². The number of nitriles is 1. The van der Waals surface area contributed by atoms with Crippen LogP contribution in [0.3, 0.4) is 0 Å². The molecular formula is C16H14N2O2. The maximum Gasteiger partial charge on any atom is 0.310 e. The number of carbonyl (C=O) groups is 1. The van der Waals surface area contributed by atoms with Crippen LogP contribution in [-0.2, 0) is 22.6 Å². The largest absolute Gasteiger partial charge is 0.461 e. The smallest absolute Gasteiger partial charge is 0.310 e. The Bertz CT molecular complexity index is 642. The van der Waals surface area contributed by atoms with Gasteiger partial charge in [0.2, 0.25) is 0 Å². The van der Waals surface area contributed by atoms with Crippen molar-refractivity contribution in [2.24, 2.45) is 0 Å². The number of rotatable bonds is 4. The summed E-state index contributed by atoms with van der Waals surface area (Å²) in [6.07, 6.45) is 0.189. The van der Waals surface area contributed by atoms with E-state index in [1.807, 2.05) is 6.07 Å². The van der Waals surface area contributed by atoms with Crippen LogP contribution in [0.15, 0.2) is 48.5 Å². The highest BCUT2D eigenvalue weighted by molar-refractivity contribution is 5.72. The van der Waals surface area contributed by atoms with E-state index >= 15 is 0 Å². The van der Waals surface area contributed by atoms with E-state index < -0.39 is 0 Å². The first kappa shape index (κ1) is 13.6. The van der Waals surface area contributed by atoms with Crippen LogP contribution in [0.2, 0.25) is 0 Å². The number of ether oxygens (including phenoxy) is 1. The van der Waals surface area contributed by atoms with E-state index in [-0.39, 0.29) is 19.0 Å². The van der Waals surface area contributed by atoms with Crippen LogP contribution >= 0.6 is 0 Å². The van der Waals surface area contributed by atoms with Gasteiger partial charge in [0.1, 0.15) is 6.61 Å². The molecule has 0 atom stereocenters. The molecular weight excluding hydrogens is 252 g/mol. The topological polar surface area (TPSA) is 76.1 Å². The van der Waals surface area contributed by atoms with Crippen molar-refractivity contribution >= 4 is 11.7 Å². The third-order valence-corrected chi connectivity index (χ3v) is 2.85. The van der Waals surface area contributed by atoms with Gasteiger partial charge in [-0.15, -0.1) is 0 Å². The van der Waals surface area contributed by atoms with Gasteiger partial charge >= 0.3 is 5.97 Å². The monoisotopic (exact) mass is 266 g/mol. The molecule has 2 aromatic rings. The zero-order chi connectivity index (χ0) is 14.4. The molecule has 0 aliphatic rings. The minimum Gasteiger partial charge on any atom is -0.461 e. The molecule has 0 saturated carbocycles. The van der Waals surface area contributed by atoms with E-state index in [0.29, 0.717) is 16.8 Å². The lowest BCUT2D eigenvalue weighted by Crippen LogP contribution is -2.08. The van der Waals surface area contributed by atoms with Gasteiger partial charge in [-0.1, -0.05) is 30.3 Å². The lowest BCUT2D eigenvalue weighted by atomic mass is 10.1. The second-order valence-electron chi connectivity index (χ2n) is 4.35. The summed E-state index contributed by atoms with van der Waals surface area (Å²) in [6, 6.07) is 16.2. The standard InChI is InChI=1S/C16H14N2O2/c17-10-13-3-1-2-4-14(13)11-20-16(19)9-12-5-7-15(18)8-6-12/h1-8H,9,11,18H2. The zero-order valence-corrected chi connectivity index (χ0v) is 10.9. The SMILES string of the molecule is N#Cc1ccccc1COC(=O)Cc1ccc(N)cc1. The van der Waals surface area contributed by atoms with Crippen molar-refractivity contribution in [2.75, 3.05) is 5.73 Å². The van der Waals surface area contributed by atoms with E-state index in [0.717, 1.165) is 5.56 Å². The summed E-state index contributed by atoms with van der Waals surface area (Å²) in [4.78, 5) is 11.7. The first-order valence-corrected chi connectivity index (χ1v) is 6.17. The number of nitrogens with two attached hydrogens (primary N) is 1. The Balaban J connectivity index is 1.92. The molecule has 0 unspecified atom stereocenters. The third-order valence-electron chi connectivity index (χ3n) is 2.85. The van der Waals surface area contributed by atoms with Gasteiger partial charge in [-0.3, -0.25) is 4.79 Å². The summed E-state index contributed by atoms with van der Waals surface area (Å²) < 4.78 is 5.18. The average molecular weight is 266 g/mol. The molecule has 0 bridgehead atoms. The van der Waals surface area contributed by atoms with Gasteiger partial charge in [0.25, 0.3) is 0 Å². The van der Waals surface area contributed by atoms with Crippen molar-refractivity contribution in [3.63, 3.8) is 0 Å². The Morgan fingerprint density at radius 1 is 1.15 bits per heavy atom. The normalized spacial score (nSPS) is 9.75. The van der Waals surface area contributed by atoms with Crippen molar-refractivity contribution < 1.29 is 9.53 Å². The third kappa shape index (κ3) is 3.59. The molecule has 2 N–H and O–H groups in total. The highest BCUT2D eigenvalue weighted by atomic mass is 16.5. The van der Waals surface area contributed by atoms with Crippen molar-refractivity contribution in [2.45, 2.75) is 13.0 Å². The van der Waals surface area contributed by atoms with Gasteiger partial charge < -0.3 is 10.5 Å². The molecule has 2 rings (SSSR count). The van der Waals surface area contributed by atoms with Gasteiger partial charge in [0, 0.05) is 11.3 Å². The second-order valence-corrected chi connectivity index (χ2v) is 4.35. The molecule has 4 heteroatoms. The fraction of sp³-hybridized carbons (Fsp3) is 0.125. The number of carbonyl (C=O) groups excluding carboxylic acids is 1. The molecule has 2 aromatic carbocycles. The fourth-order valence-corrected chi connectivity index (χ4v) is 1.77. The molecule has 100 valence electrons. The molecule has 0 heterocycles. The fourth-order valence-electron chi connectivity index (χ4n) is 1.77. The molecule has 0 saturated heterocycles. The summed E-state index contributed by atoms with van der Waals surface area (Å²) >= 11 is 0. The van der Waals surface area contributed by atoms with Crippen LogP contribution in [-0.4, -0.2) is 5.97 Å². The predicted octanol–water partition coefficient (Wildman–Crippen LogP) is 2.43. The van der Waals surface area contributed by atoms with Gasteiger partial charge in [-0.25, -0.2) is 0 Å².